The van der Waals surface area contributed by atoms with E-state index >= 15 is 0 Å². The van der Waals surface area contributed by atoms with E-state index in [1.165, 1.54) is 0 Å². The highest BCUT2D eigenvalue weighted by atomic mass is 16.4. The van der Waals surface area contributed by atoms with Gasteiger partial charge in [-0.3, -0.25) is 0 Å². The van der Waals surface area contributed by atoms with E-state index < -0.39 is 12.1 Å². The molecule has 1 unspecified atom stereocenters. The normalized spacial score (nSPS) is 14.2. The van der Waals surface area contributed by atoms with Crippen LogP contribution in [-0.4, -0.2) is 22.3 Å². The molecule has 0 saturated heterocycles. The lowest BCUT2D eigenvalue weighted by atomic mass is 10.1. The molecule has 0 aliphatic carbocycles. The predicted octanol–water partition coefficient (Wildman–Crippen LogP) is 4.96. The van der Waals surface area contributed by atoms with Gasteiger partial charge in [-0.15, -0.1) is 0 Å². The summed E-state index contributed by atoms with van der Waals surface area (Å²) in [5.74, 6) is -1.14. The Morgan fingerprint density at radius 3 is 2.00 bits per heavy atom. The third-order valence-electron chi connectivity index (χ3n) is 3.11. The topological polar surface area (TPSA) is 57.5 Å². The van der Waals surface area contributed by atoms with Crippen LogP contribution in [0, 0.1) is 0 Å². The van der Waals surface area contributed by atoms with Gasteiger partial charge in [-0.25, -0.2) is 4.79 Å². The Balaban J connectivity index is 3.58. The summed E-state index contributed by atoms with van der Waals surface area (Å²) in [4.78, 5) is 10.4. The molecule has 0 rings (SSSR count). The second-order valence-corrected chi connectivity index (χ2v) is 5.22. The first kappa shape index (κ1) is 21.1. The minimum atomic E-state index is -1.22. The van der Waals surface area contributed by atoms with Gasteiger partial charge >= 0.3 is 5.97 Å². The van der Waals surface area contributed by atoms with E-state index in [0.717, 1.165) is 38.5 Å². The molecule has 3 heteroatoms. The van der Waals surface area contributed by atoms with Crippen molar-refractivity contribution in [3.05, 3.63) is 60.8 Å². The summed E-state index contributed by atoms with van der Waals surface area (Å²) in [5.41, 5.74) is 0. The molecule has 0 aromatic carbocycles. The summed E-state index contributed by atoms with van der Waals surface area (Å²) < 4.78 is 0. The van der Waals surface area contributed by atoms with Gasteiger partial charge in [0.15, 0.2) is 6.10 Å². The molecule has 0 bridgehead atoms. The highest BCUT2D eigenvalue weighted by Crippen LogP contribution is 2.04. The molecule has 2 N–H and O–H groups in total. The molecule has 0 amide bonds. The van der Waals surface area contributed by atoms with Gasteiger partial charge < -0.3 is 10.2 Å². The number of allylic oxidation sites excluding steroid dienone is 10. The average Bonchev–Trinajstić information content (AvgIpc) is 2.54. The lowest BCUT2D eigenvalue weighted by Gasteiger charge is -2.02. The van der Waals surface area contributed by atoms with Crippen molar-refractivity contribution in [1.82, 2.24) is 0 Å². The maximum absolute atomic E-state index is 10.4. The summed E-state index contributed by atoms with van der Waals surface area (Å²) in [6.07, 6.45) is 25.5. The molecule has 0 aromatic heterocycles. The van der Waals surface area contributed by atoms with Gasteiger partial charge in [0.05, 0.1) is 0 Å². The van der Waals surface area contributed by atoms with Gasteiger partial charge in [-0.05, 0) is 44.9 Å². The second kappa shape index (κ2) is 16.5. The summed E-state index contributed by atoms with van der Waals surface area (Å²) in [5, 5.41) is 17.6. The molecule has 128 valence electrons. The molecule has 0 radical (unpaired) electrons. The largest absolute Gasteiger partial charge is 0.479 e. The molecular formula is C20H30O3. The van der Waals surface area contributed by atoms with Crippen molar-refractivity contribution >= 4 is 5.97 Å². The number of hydrogen-bond acceptors (Lipinski definition) is 2. The molecule has 1 atom stereocenters. The van der Waals surface area contributed by atoms with Crippen LogP contribution in [0.4, 0.5) is 0 Å². The fourth-order valence-corrected chi connectivity index (χ4v) is 1.81. The van der Waals surface area contributed by atoms with Crippen LogP contribution in [0.2, 0.25) is 0 Å². The van der Waals surface area contributed by atoms with E-state index in [1.54, 1.807) is 0 Å². The molecule has 0 heterocycles. The van der Waals surface area contributed by atoms with Crippen molar-refractivity contribution in [2.24, 2.45) is 0 Å². The van der Waals surface area contributed by atoms with Crippen molar-refractivity contribution in [3.8, 4) is 0 Å². The zero-order chi connectivity index (χ0) is 17.2. The van der Waals surface area contributed by atoms with Gasteiger partial charge in [-0.2, -0.15) is 0 Å². The lowest BCUT2D eigenvalue weighted by molar-refractivity contribution is -0.146. The molecule has 23 heavy (non-hydrogen) atoms. The first-order valence-electron chi connectivity index (χ1n) is 8.39. The fourth-order valence-electron chi connectivity index (χ4n) is 1.81. The van der Waals surface area contributed by atoms with Crippen molar-refractivity contribution in [2.75, 3.05) is 0 Å². The average molecular weight is 318 g/mol. The van der Waals surface area contributed by atoms with Gasteiger partial charge in [-0.1, -0.05) is 67.7 Å². The maximum atomic E-state index is 10.4. The molecule has 0 fully saturated rings. The lowest BCUT2D eigenvalue weighted by Crippen LogP contribution is -2.18. The molecule has 0 aliphatic rings. The van der Waals surface area contributed by atoms with Crippen LogP contribution in [0.15, 0.2) is 60.8 Å². The van der Waals surface area contributed by atoms with Crippen molar-refractivity contribution in [1.29, 1.82) is 0 Å². The summed E-state index contributed by atoms with van der Waals surface area (Å²) >= 11 is 0. The molecule has 0 aromatic rings. The van der Waals surface area contributed by atoms with Crippen LogP contribution < -0.4 is 0 Å². The van der Waals surface area contributed by atoms with Crippen molar-refractivity contribution in [3.63, 3.8) is 0 Å². The summed E-state index contributed by atoms with van der Waals surface area (Å²) in [6.45, 7) is 2.14. The van der Waals surface area contributed by atoms with Gasteiger partial charge in [0.25, 0.3) is 0 Å². The fraction of sp³-hybridized carbons (Fsp3) is 0.450. The third-order valence-corrected chi connectivity index (χ3v) is 3.11. The number of hydrogen-bond donors (Lipinski definition) is 2. The Kier molecular flexibility index (Phi) is 15.2. The zero-order valence-electron chi connectivity index (χ0n) is 14.1. The molecule has 0 aliphatic heterocycles. The third kappa shape index (κ3) is 16.3. The number of carbonyl (C=O) groups is 1. The minimum absolute atomic E-state index is 0.322. The summed E-state index contributed by atoms with van der Waals surface area (Å²) in [6, 6.07) is 0. The first-order chi connectivity index (χ1) is 11.2. The maximum Gasteiger partial charge on any atom is 0.332 e. The van der Waals surface area contributed by atoms with E-state index in [-0.39, 0.29) is 0 Å². The van der Waals surface area contributed by atoms with E-state index in [2.05, 4.69) is 31.2 Å². The van der Waals surface area contributed by atoms with Crippen molar-refractivity contribution < 1.29 is 15.0 Å². The molecular weight excluding hydrogens is 288 g/mol. The standard InChI is InChI=1S/C20H30O3/c1-2-3-4-5-6-7-8-9-10-11-12-13-14-15-16-17-18-19(21)20(22)23/h3-4,7-14,19,21H,2,5-6,15-18H2,1H3,(H,22,23)/b4-3+,8-7+,10-9+,12-11+,14-13+. The highest BCUT2D eigenvalue weighted by Gasteiger charge is 2.11. The van der Waals surface area contributed by atoms with Crippen molar-refractivity contribution in [2.45, 2.75) is 58.0 Å². The van der Waals surface area contributed by atoms with Crippen LogP contribution >= 0.6 is 0 Å². The second-order valence-electron chi connectivity index (χ2n) is 5.22. The Labute approximate surface area is 140 Å². The Bertz CT molecular complexity index is 428. The SMILES string of the molecule is CC/C=C/CC/C=C/C=C/C=C/C=C/CCCCC(O)C(=O)O. The van der Waals surface area contributed by atoms with Gasteiger partial charge in [0.1, 0.15) is 0 Å². The number of rotatable bonds is 13. The van der Waals surface area contributed by atoms with Crippen LogP contribution in [0.5, 0.6) is 0 Å². The quantitative estimate of drug-likeness (QED) is 0.286. The van der Waals surface area contributed by atoms with Gasteiger partial charge in [0.2, 0.25) is 0 Å². The number of aliphatic carboxylic acids is 1. The van der Waals surface area contributed by atoms with Gasteiger partial charge in [0, 0.05) is 0 Å². The molecule has 3 nitrogen and oxygen atoms in total. The minimum Gasteiger partial charge on any atom is -0.479 e. The molecule has 0 saturated carbocycles. The predicted molar refractivity (Wildman–Crippen MR) is 97.3 cm³/mol. The van der Waals surface area contributed by atoms with Crippen LogP contribution in [0.25, 0.3) is 0 Å². The number of carboxylic acid groups (broad SMARTS) is 1. The molecule has 0 spiro atoms. The Morgan fingerprint density at radius 2 is 1.39 bits per heavy atom. The smallest absolute Gasteiger partial charge is 0.332 e. The highest BCUT2D eigenvalue weighted by molar-refractivity contribution is 5.71. The van der Waals surface area contributed by atoms with Crippen LogP contribution in [0.1, 0.15) is 51.9 Å². The van der Waals surface area contributed by atoms with Crippen LogP contribution in [0.3, 0.4) is 0 Å². The monoisotopic (exact) mass is 318 g/mol. The summed E-state index contributed by atoms with van der Waals surface area (Å²) in [7, 11) is 0. The number of aliphatic hydroxyl groups excluding tert-OH is 1. The van der Waals surface area contributed by atoms with E-state index in [1.807, 2.05) is 36.5 Å². The number of aliphatic hydroxyl groups is 1. The zero-order valence-corrected chi connectivity index (χ0v) is 14.1. The Hall–Kier alpha value is -1.87. The number of unbranched alkanes of at least 4 members (excludes halogenated alkanes) is 3. The van der Waals surface area contributed by atoms with Crippen LogP contribution in [-0.2, 0) is 4.79 Å². The first-order valence-corrected chi connectivity index (χ1v) is 8.39. The van der Waals surface area contributed by atoms with E-state index in [9.17, 15) is 4.79 Å². The Morgan fingerprint density at radius 1 is 0.826 bits per heavy atom. The van der Waals surface area contributed by atoms with E-state index in [4.69, 9.17) is 10.2 Å². The number of carboxylic acids is 1. The van der Waals surface area contributed by atoms with E-state index in [0.29, 0.717) is 6.42 Å².